The maximum Gasteiger partial charge on any atom is 0.144 e. The Labute approximate surface area is 113 Å². The predicted octanol–water partition coefficient (Wildman–Crippen LogP) is 2.95. The van der Waals surface area contributed by atoms with E-state index in [2.05, 4.69) is 29.4 Å². The number of nitrogens with two attached hydrogens (primary N) is 1. The van der Waals surface area contributed by atoms with Crippen LogP contribution in [-0.4, -0.2) is 16.8 Å². The van der Waals surface area contributed by atoms with Gasteiger partial charge in [-0.2, -0.15) is 5.10 Å². The maximum absolute atomic E-state index is 5.89. The second kappa shape index (κ2) is 6.13. The lowest BCUT2D eigenvalue weighted by atomic mass is 10.1. The summed E-state index contributed by atoms with van der Waals surface area (Å²) in [6.07, 6.45) is 4.65. The average molecular weight is 260 g/mol. The second-order valence-electron chi connectivity index (χ2n) is 4.50. The molecule has 19 heavy (non-hydrogen) atoms. The Kier molecular flexibility index (Phi) is 4.28. The molecule has 0 amide bonds. The van der Waals surface area contributed by atoms with Gasteiger partial charge >= 0.3 is 0 Å². The summed E-state index contributed by atoms with van der Waals surface area (Å²) in [5.74, 6) is 0.728. The molecule has 1 aromatic heterocycles. The minimum Gasteiger partial charge on any atom is -0.491 e. The molecule has 0 saturated heterocycles. The van der Waals surface area contributed by atoms with E-state index in [1.165, 1.54) is 0 Å². The van der Waals surface area contributed by atoms with Crippen molar-refractivity contribution in [1.82, 2.24) is 10.2 Å². The number of nitrogens with one attached hydrogen (secondary N) is 2. The molecule has 102 valence electrons. The number of hydrogen-bond donors (Lipinski definition) is 3. The topological polar surface area (TPSA) is 76.0 Å². The van der Waals surface area contributed by atoms with Gasteiger partial charge in [-0.05, 0) is 25.5 Å². The van der Waals surface area contributed by atoms with Crippen molar-refractivity contribution in [2.45, 2.75) is 26.3 Å². The fourth-order valence-corrected chi connectivity index (χ4v) is 1.79. The molecule has 1 atom stereocenters. The standard InChI is InChI=1S/C14H20N4O/c1-3-6-19-14-7-12(4-5-13(14)15)18-10(2)11-8-16-17-9-11/h4-5,7-10,18H,3,6,15H2,1-2H3,(H,16,17). The molecular formula is C14H20N4O. The average Bonchev–Trinajstić information content (AvgIpc) is 2.93. The highest BCUT2D eigenvalue weighted by Gasteiger charge is 2.08. The van der Waals surface area contributed by atoms with Crippen LogP contribution in [0.2, 0.25) is 0 Å². The van der Waals surface area contributed by atoms with Gasteiger partial charge in [-0.1, -0.05) is 6.92 Å². The third kappa shape index (κ3) is 3.40. The summed E-state index contributed by atoms with van der Waals surface area (Å²) in [5.41, 5.74) is 8.63. The Morgan fingerprint density at radius 2 is 2.32 bits per heavy atom. The maximum atomic E-state index is 5.89. The van der Waals surface area contributed by atoms with Crippen molar-refractivity contribution in [3.63, 3.8) is 0 Å². The molecule has 0 aliphatic carbocycles. The van der Waals surface area contributed by atoms with Gasteiger partial charge in [-0.15, -0.1) is 0 Å². The molecule has 1 heterocycles. The number of aromatic amines is 1. The lowest BCUT2D eigenvalue weighted by molar-refractivity contribution is 0.319. The zero-order chi connectivity index (χ0) is 13.7. The minimum atomic E-state index is 0.168. The van der Waals surface area contributed by atoms with Crippen LogP contribution in [-0.2, 0) is 0 Å². The number of H-pyrrole nitrogens is 1. The van der Waals surface area contributed by atoms with Gasteiger partial charge < -0.3 is 15.8 Å². The number of ether oxygens (including phenoxy) is 1. The van der Waals surface area contributed by atoms with Crippen molar-refractivity contribution in [3.05, 3.63) is 36.2 Å². The highest BCUT2D eigenvalue weighted by Crippen LogP contribution is 2.27. The van der Waals surface area contributed by atoms with Crippen LogP contribution in [0.1, 0.15) is 31.9 Å². The first-order valence-electron chi connectivity index (χ1n) is 6.48. The van der Waals surface area contributed by atoms with Crippen LogP contribution in [0.4, 0.5) is 11.4 Å². The first-order valence-corrected chi connectivity index (χ1v) is 6.48. The SMILES string of the molecule is CCCOc1cc(NC(C)c2cn[nH]c2)ccc1N. The van der Waals surface area contributed by atoms with Crippen LogP contribution in [0.3, 0.4) is 0 Å². The normalized spacial score (nSPS) is 12.1. The van der Waals surface area contributed by atoms with E-state index in [1.807, 2.05) is 30.6 Å². The van der Waals surface area contributed by atoms with Crippen LogP contribution in [0.5, 0.6) is 5.75 Å². The molecule has 1 unspecified atom stereocenters. The fourth-order valence-electron chi connectivity index (χ4n) is 1.79. The lowest BCUT2D eigenvalue weighted by Gasteiger charge is -2.15. The molecule has 0 aliphatic heterocycles. The number of aromatic nitrogens is 2. The van der Waals surface area contributed by atoms with Crippen molar-refractivity contribution >= 4 is 11.4 Å². The summed E-state index contributed by atoms with van der Waals surface area (Å²) < 4.78 is 5.62. The number of benzene rings is 1. The van der Waals surface area contributed by atoms with Gasteiger partial charge in [-0.25, -0.2) is 0 Å². The number of nitrogen functional groups attached to an aromatic ring is 1. The molecular weight excluding hydrogens is 240 g/mol. The molecule has 4 N–H and O–H groups in total. The predicted molar refractivity (Wildman–Crippen MR) is 77.3 cm³/mol. The number of anilines is 2. The smallest absolute Gasteiger partial charge is 0.144 e. The fraction of sp³-hybridized carbons (Fsp3) is 0.357. The molecule has 1 aromatic carbocycles. The number of rotatable bonds is 6. The zero-order valence-corrected chi connectivity index (χ0v) is 11.3. The minimum absolute atomic E-state index is 0.168. The summed E-state index contributed by atoms with van der Waals surface area (Å²) in [6, 6.07) is 5.91. The molecule has 0 spiro atoms. The van der Waals surface area contributed by atoms with Crippen LogP contribution in [0.15, 0.2) is 30.6 Å². The Morgan fingerprint density at radius 3 is 3.00 bits per heavy atom. The molecule has 0 saturated carbocycles. The van der Waals surface area contributed by atoms with Gasteiger partial charge in [0.1, 0.15) is 5.75 Å². The molecule has 2 aromatic rings. The zero-order valence-electron chi connectivity index (χ0n) is 11.3. The molecule has 0 bridgehead atoms. The van der Waals surface area contributed by atoms with Gasteiger partial charge in [0.25, 0.3) is 0 Å². The summed E-state index contributed by atoms with van der Waals surface area (Å²) in [4.78, 5) is 0. The molecule has 2 rings (SSSR count). The molecule has 0 fully saturated rings. The van der Waals surface area contributed by atoms with Gasteiger partial charge in [0, 0.05) is 23.5 Å². The van der Waals surface area contributed by atoms with E-state index >= 15 is 0 Å². The first kappa shape index (κ1) is 13.3. The van der Waals surface area contributed by atoms with Crippen LogP contribution >= 0.6 is 0 Å². The van der Waals surface area contributed by atoms with Crippen molar-refractivity contribution in [1.29, 1.82) is 0 Å². The number of hydrogen-bond acceptors (Lipinski definition) is 4. The van der Waals surface area contributed by atoms with Gasteiger partial charge in [0.15, 0.2) is 0 Å². The third-order valence-electron chi connectivity index (χ3n) is 2.88. The van der Waals surface area contributed by atoms with E-state index in [0.29, 0.717) is 12.3 Å². The van der Waals surface area contributed by atoms with Gasteiger partial charge in [-0.3, -0.25) is 5.10 Å². The molecule has 5 nitrogen and oxygen atoms in total. The van der Waals surface area contributed by atoms with E-state index in [-0.39, 0.29) is 6.04 Å². The summed E-state index contributed by atoms with van der Waals surface area (Å²) >= 11 is 0. The van der Waals surface area contributed by atoms with Crippen molar-refractivity contribution < 1.29 is 4.74 Å². The summed E-state index contributed by atoms with van der Waals surface area (Å²) in [7, 11) is 0. The number of nitrogens with zero attached hydrogens (tertiary/aromatic N) is 1. The van der Waals surface area contributed by atoms with Crippen molar-refractivity contribution in [2.75, 3.05) is 17.7 Å². The Balaban J connectivity index is 2.08. The molecule has 5 heteroatoms. The largest absolute Gasteiger partial charge is 0.491 e. The second-order valence-corrected chi connectivity index (χ2v) is 4.50. The highest BCUT2D eigenvalue weighted by molar-refractivity contribution is 5.61. The van der Waals surface area contributed by atoms with Crippen molar-refractivity contribution in [3.8, 4) is 5.75 Å². The highest BCUT2D eigenvalue weighted by atomic mass is 16.5. The van der Waals surface area contributed by atoms with E-state index in [4.69, 9.17) is 10.5 Å². The summed E-state index contributed by atoms with van der Waals surface area (Å²) in [6.45, 7) is 4.82. The monoisotopic (exact) mass is 260 g/mol. The Hall–Kier alpha value is -2.17. The molecule has 0 radical (unpaired) electrons. The van der Waals surface area contributed by atoms with Crippen molar-refractivity contribution in [2.24, 2.45) is 0 Å². The van der Waals surface area contributed by atoms with E-state index in [9.17, 15) is 0 Å². The van der Waals surface area contributed by atoms with Crippen LogP contribution in [0.25, 0.3) is 0 Å². The van der Waals surface area contributed by atoms with Crippen LogP contribution in [0, 0.1) is 0 Å². The van der Waals surface area contributed by atoms with Gasteiger partial charge in [0.05, 0.1) is 24.5 Å². The third-order valence-corrected chi connectivity index (χ3v) is 2.88. The first-order chi connectivity index (χ1) is 9.20. The van der Waals surface area contributed by atoms with E-state index in [0.717, 1.165) is 23.4 Å². The molecule has 0 aliphatic rings. The quantitative estimate of drug-likeness (QED) is 0.698. The lowest BCUT2D eigenvalue weighted by Crippen LogP contribution is -2.06. The summed E-state index contributed by atoms with van der Waals surface area (Å²) in [5, 5.41) is 10.2. The Morgan fingerprint density at radius 1 is 1.47 bits per heavy atom. The van der Waals surface area contributed by atoms with E-state index < -0.39 is 0 Å². The van der Waals surface area contributed by atoms with Crippen LogP contribution < -0.4 is 15.8 Å². The van der Waals surface area contributed by atoms with E-state index in [1.54, 1.807) is 0 Å². The Bertz CT molecular complexity index is 510. The van der Waals surface area contributed by atoms with Gasteiger partial charge in [0.2, 0.25) is 0 Å².